The lowest BCUT2D eigenvalue weighted by atomic mass is 10.2. The summed E-state index contributed by atoms with van der Waals surface area (Å²) in [6.45, 7) is 4.64. The summed E-state index contributed by atoms with van der Waals surface area (Å²) in [7, 11) is -1.48. The van der Waals surface area contributed by atoms with Gasteiger partial charge in [-0.2, -0.15) is 0 Å². The van der Waals surface area contributed by atoms with E-state index >= 15 is 0 Å². The Morgan fingerprint density at radius 1 is 1.48 bits per heavy atom. The number of halogens is 1. The van der Waals surface area contributed by atoms with Crippen LogP contribution in [0.5, 0.6) is 0 Å². The van der Waals surface area contributed by atoms with E-state index in [0.717, 1.165) is 18.7 Å². The summed E-state index contributed by atoms with van der Waals surface area (Å²) in [5.74, 6) is 0. The van der Waals surface area contributed by atoms with Crippen LogP contribution in [0.15, 0.2) is 23.1 Å². The van der Waals surface area contributed by atoms with Gasteiger partial charge in [-0.1, -0.05) is 17.7 Å². The Balaban J connectivity index is 1.90. The summed E-state index contributed by atoms with van der Waals surface area (Å²) in [6, 6.07) is 4.74. The molecular weight excluding hydrogens is 312 g/mol. The number of benzene rings is 1. The highest BCUT2D eigenvalue weighted by molar-refractivity contribution is 7.89. The van der Waals surface area contributed by atoms with Gasteiger partial charge < -0.3 is 9.64 Å². The Labute approximate surface area is 131 Å². The molecule has 1 aliphatic heterocycles. The maximum atomic E-state index is 12.2. The van der Waals surface area contributed by atoms with Gasteiger partial charge in [0.15, 0.2) is 0 Å². The van der Waals surface area contributed by atoms with Gasteiger partial charge in [-0.25, -0.2) is 13.1 Å². The minimum absolute atomic E-state index is 0.0769. The lowest BCUT2D eigenvalue weighted by molar-refractivity contribution is -0.0222. The molecule has 0 bridgehead atoms. The molecule has 21 heavy (non-hydrogen) atoms. The highest BCUT2D eigenvalue weighted by Gasteiger charge is 2.19. The number of aryl methyl sites for hydroxylation is 1. The summed E-state index contributed by atoms with van der Waals surface area (Å²) in [5, 5.41) is 0.454. The van der Waals surface area contributed by atoms with E-state index in [9.17, 15) is 8.42 Å². The molecule has 1 fully saturated rings. The molecule has 1 aromatic rings. The Bertz CT molecular complexity index is 592. The summed E-state index contributed by atoms with van der Waals surface area (Å²) >= 11 is 5.97. The van der Waals surface area contributed by atoms with Gasteiger partial charge in [-0.3, -0.25) is 0 Å². The van der Waals surface area contributed by atoms with Gasteiger partial charge in [-0.15, -0.1) is 0 Å². The molecule has 0 saturated carbocycles. The quantitative estimate of drug-likeness (QED) is 0.890. The molecule has 0 radical (unpaired) electrons. The molecule has 0 aromatic heterocycles. The molecule has 1 unspecified atom stereocenters. The molecule has 0 amide bonds. The minimum atomic E-state index is -3.52. The number of hydrogen-bond acceptors (Lipinski definition) is 4. The highest BCUT2D eigenvalue weighted by atomic mass is 35.5. The zero-order valence-electron chi connectivity index (χ0n) is 12.3. The van der Waals surface area contributed by atoms with Gasteiger partial charge in [0, 0.05) is 24.7 Å². The van der Waals surface area contributed by atoms with Crippen LogP contribution >= 0.6 is 11.6 Å². The van der Waals surface area contributed by atoms with Crippen molar-refractivity contribution >= 4 is 21.6 Å². The van der Waals surface area contributed by atoms with Crippen LogP contribution in [0.1, 0.15) is 12.0 Å². The van der Waals surface area contributed by atoms with Gasteiger partial charge in [0.25, 0.3) is 0 Å². The third-order valence-corrected chi connectivity index (χ3v) is 5.42. The third kappa shape index (κ3) is 4.66. The zero-order valence-corrected chi connectivity index (χ0v) is 13.9. The molecule has 1 atom stereocenters. The molecule has 1 N–H and O–H groups in total. The normalized spacial score (nSPS) is 20.6. The maximum Gasteiger partial charge on any atom is 0.240 e. The van der Waals surface area contributed by atoms with E-state index in [-0.39, 0.29) is 11.0 Å². The monoisotopic (exact) mass is 332 g/mol. The van der Waals surface area contributed by atoms with Crippen molar-refractivity contribution in [1.29, 1.82) is 0 Å². The lowest BCUT2D eigenvalue weighted by Crippen LogP contribution is -2.41. The molecule has 7 heteroatoms. The van der Waals surface area contributed by atoms with Crippen molar-refractivity contribution in [1.82, 2.24) is 9.62 Å². The van der Waals surface area contributed by atoms with E-state index in [1.807, 2.05) is 14.0 Å². The van der Waals surface area contributed by atoms with E-state index in [1.165, 1.54) is 6.07 Å². The van der Waals surface area contributed by atoms with Crippen LogP contribution in [0, 0.1) is 6.92 Å². The smallest absolute Gasteiger partial charge is 0.240 e. The van der Waals surface area contributed by atoms with Gasteiger partial charge in [-0.05, 0) is 38.1 Å². The number of morpholine rings is 1. The topological polar surface area (TPSA) is 58.6 Å². The molecule has 1 aliphatic rings. The second-order valence-corrected chi connectivity index (χ2v) is 7.53. The molecule has 5 nitrogen and oxygen atoms in total. The van der Waals surface area contributed by atoms with E-state index in [0.29, 0.717) is 24.6 Å². The summed E-state index contributed by atoms with van der Waals surface area (Å²) in [4.78, 5) is 2.38. The number of sulfonamides is 1. The SMILES string of the molecule is Cc1ccc(S(=O)(=O)NCCC2CN(C)CCO2)cc1Cl. The van der Waals surface area contributed by atoms with Gasteiger partial charge in [0.1, 0.15) is 0 Å². The van der Waals surface area contributed by atoms with E-state index in [4.69, 9.17) is 16.3 Å². The molecule has 0 aliphatic carbocycles. The maximum absolute atomic E-state index is 12.2. The van der Waals surface area contributed by atoms with Crippen molar-refractivity contribution < 1.29 is 13.2 Å². The second kappa shape index (κ2) is 7.07. The lowest BCUT2D eigenvalue weighted by Gasteiger charge is -2.30. The van der Waals surface area contributed by atoms with Crippen molar-refractivity contribution in [3.63, 3.8) is 0 Å². The molecular formula is C14H21ClN2O3S. The molecule has 2 rings (SSSR count). The van der Waals surface area contributed by atoms with Crippen molar-refractivity contribution in [2.75, 3.05) is 33.3 Å². The number of rotatable bonds is 5. The van der Waals surface area contributed by atoms with E-state index in [1.54, 1.807) is 12.1 Å². The second-order valence-electron chi connectivity index (χ2n) is 5.35. The fourth-order valence-corrected chi connectivity index (χ4v) is 3.54. The van der Waals surface area contributed by atoms with Crippen LogP contribution in [-0.2, 0) is 14.8 Å². The van der Waals surface area contributed by atoms with Crippen molar-refractivity contribution in [3.8, 4) is 0 Å². The number of nitrogens with zero attached hydrogens (tertiary/aromatic N) is 1. The van der Waals surface area contributed by atoms with Gasteiger partial charge >= 0.3 is 0 Å². The number of hydrogen-bond donors (Lipinski definition) is 1. The highest BCUT2D eigenvalue weighted by Crippen LogP contribution is 2.19. The van der Waals surface area contributed by atoms with Crippen LogP contribution in [0.3, 0.4) is 0 Å². The van der Waals surface area contributed by atoms with E-state index < -0.39 is 10.0 Å². The molecule has 1 heterocycles. The van der Waals surface area contributed by atoms with Crippen LogP contribution in [0.2, 0.25) is 5.02 Å². The average molecular weight is 333 g/mol. The van der Waals surface area contributed by atoms with Crippen molar-refractivity contribution in [2.45, 2.75) is 24.3 Å². The van der Waals surface area contributed by atoms with E-state index in [2.05, 4.69) is 9.62 Å². The van der Waals surface area contributed by atoms with Crippen LogP contribution in [0.4, 0.5) is 0 Å². The zero-order chi connectivity index (χ0) is 15.5. The average Bonchev–Trinajstić information content (AvgIpc) is 2.41. The standard InChI is InChI=1S/C14H21ClN2O3S/c1-11-3-4-13(9-14(11)15)21(18,19)16-6-5-12-10-17(2)7-8-20-12/h3-4,9,12,16H,5-8,10H2,1-2H3. The fourth-order valence-electron chi connectivity index (χ4n) is 2.22. The Kier molecular flexibility index (Phi) is 5.62. The molecule has 1 aromatic carbocycles. The predicted octanol–water partition coefficient (Wildman–Crippen LogP) is 1.65. The third-order valence-electron chi connectivity index (χ3n) is 3.55. The molecule has 0 spiro atoms. The first kappa shape index (κ1) is 16.7. The largest absolute Gasteiger partial charge is 0.376 e. The van der Waals surface area contributed by atoms with Crippen LogP contribution < -0.4 is 4.72 Å². The Morgan fingerprint density at radius 3 is 2.90 bits per heavy atom. The van der Waals surface area contributed by atoms with Crippen LogP contribution in [0.25, 0.3) is 0 Å². The Hall–Kier alpha value is -0.660. The number of nitrogens with one attached hydrogen (secondary N) is 1. The summed E-state index contributed by atoms with van der Waals surface area (Å²) < 4.78 is 32.6. The first-order chi connectivity index (χ1) is 9.88. The first-order valence-corrected chi connectivity index (χ1v) is 8.80. The summed E-state index contributed by atoms with van der Waals surface area (Å²) in [6.07, 6.45) is 0.733. The minimum Gasteiger partial charge on any atom is -0.376 e. The van der Waals surface area contributed by atoms with Gasteiger partial charge in [0.2, 0.25) is 10.0 Å². The predicted molar refractivity (Wildman–Crippen MR) is 83.2 cm³/mol. The summed E-state index contributed by atoms with van der Waals surface area (Å²) in [5.41, 5.74) is 0.856. The molecule has 118 valence electrons. The molecule has 1 saturated heterocycles. The Morgan fingerprint density at radius 2 is 2.24 bits per heavy atom. The van der Waals surface area contributed by atoms with Gasteiger partial charge in [0.05, 0.1) is 17.6 Å². The van der Waals surface area contributed by atoms with Crippen molar-refractivity contribution in [2.24, 2.45) is 0 Å². The number of likely N-dealkylation sites (N-methyl/N-ethyl adjacent to an activating group) is 1. The van der Waals surface area contributed by atoms with Crippen LogP contribution in [-0.4, -0.2) is 52.7 Å². The number of ether oxygens (including phenoxy) is 1. The fraction of sp³-hybridized carbons (Fsp3) is 0.571. The van der Waals surface area contributed by atoms with Crippen molar-refractivity contribution in [3.05, 3.63) is 28.8 Å². The first-order valence-electron chi connectivity index (χ1n) is 6.94.